The van der Waals surface area contributed by atoms with Crippen molar-refractivity contribution >= 4 is 38.5 Å². The highest BCUT2D eigenvalue weighted by Gasteiger charge is 2.17. The summed E-state index contributed by atoms with van der Waals surface area (Å²) in [6.07, 6.45) is 4.32. The van der Waals surface area contributed by atoms with E-state index in [2.05, 4.69) is 10.3 Å². The van der Waals surface area contributed by atoms with E-state index in [1.807, 2.05) is 30.0 Å². The first-order chi connectivity index (χ1) is 11.2. The lowest BCUT2D eigenvalue weighted by Crippen LogP contribution is -2.36. The first kappa shape index (κ1) is 15.9. The number of rotatable bonds is 4. The van der Waals surface area contributed by atoms with Crippen molar-refractivity contribution in [3.8, 4) is 0 Å². The van der Waals surface area contributed by atoms with Crippen molar-refractivity contribution in [3.05, 3.63) is 23.8 Å². The van der Waals surface area contributed by atoms with Crippen LogP contribution < -0.4 is 5.32 Å². The van der Waals surface area contributed by atoms with Crippen LogP contribution in [0.2, 0.25) is 0 Å². The number of hydrogen-bond acceptors (Lipinski definition) is 4. The number of aromatic nitrogens is 1. The van der Waals surface area contributed by atoms with Gasteiger partial charge in [-0.2, -0.15) is 0 Å². The first-order valence-corrected chi connectivity index (χ1v) is 8.94. The van der Waals surface area contributed by atoms with Crippen molar-refractivity contribution in [2.75, 3.05) is 18.4 Å². The van der Waals surface area contributed by atoms with E-state index < -0.39 is 0 Å². The van der Waals surface area contributed by atoms with E-state index in [-0.39, 0.29) is 11.8 Å². The Labute approximate surface area is 139 Å². The minimum Gasteiger partial charge on any atom is -0.342 e. The molecule has 5 nitrogen and oxygen atoms in total. The van der Waals surface area contributed by atoms with E-state index in [0.29, 0.717) is 18.0 Å². The molecule has 0 unspecified atom stereocenters. The minimum atomic E-state index is -0.0374. The summed E-state index contributed by atoms with van der Waals surface area (Å²) in [6, 6.07) is 5.89. The highest BCUT2D eigenvalue weighted by atomic mass is 32.1. The van der Waals surface area contributed by atoms with Crippen molar-refractivity contribution in [1.82, 2.24) is 9.88 Å². The zero-order valence-electron chi connectivity index (χ0n) is 13.3. The van der Waals surface area contributed by atoms with E-state index in [1.54, 1.807) is 0 Å². The highest BCUT2D eigenvalue weighted by Crippen LogP contribution is 2.27. The van der Waals surface area contributed by atoms with E-state index in [0.717, 1.165) is 41.7 Å². The van der Waals surface area contributed by atoms with E-state index >= 15 is 0 Å². The maximum Gasteiger partial charge on any atom is 0.226 e. The molecule has 1 aromatic carbocycles. The molecule has 2 heterocycles. The number of fused-ring (bicyclic) bond motifs is 1. The Morgan fingerprint density at radius 3 is 2.78 bits per heavy atom. The number of amides is 2. The number of thiazole rings is 1. The van der Waals surface area contributed by atoms with Gasteiger partial charge in [0, 0.05) is 19.5 Å². The quantitative estimate of drug-likeness (QED) is 0.936. The molecule has 1 N–H and O–H groups in total. The summed E-state index contributed by atoms with van der Waals surface area (Å²) in [5.41, 5.74) is 1.86. The Balaban J connectivity index is 1.71. The number of carbonyl (C=O) groups excluding carboxylic acids is 2. The molecule has 23 heavy (non-hydrogen) atoms. The summed E-state index contributed by atoms with van der Waals surface area (Å²) in [5, 5.41) is 3.40. The fourth-order valence-electron chi connectivity index (χ4n) is 2.77. The number of likely N-dealkylation sites (tertiary alicyclic amines) is 1. The standard InChI is InChI=1S/C17H21N3O2S/c1-2-15(21)19-17-18-13-7-6-12(10-14(13)23-17)11-16(22)20-8-4-3-5-9-20/h6-7,10H,2-5,8-9,11H2,1H3,(H,18,19,21). The van der Waals surface area contributed by atoms with Gasteiger partial charge in [-0.3, -0.25) is 9.59 Å². The molecular formula is C17H21N3O2S. The third-order valence-electron chi connectivity index (χ3n) is 4.08. The van der Waals surface area contributed by atoms with E-state index in [1.165, 1.54) is 17.8 Å². The molecule has 1 aliphatic rings. The second-order valence-electron chi connectivity index (χ2n) is 5.84. The lowest BCUT2D eigenvalue weighted by molar-refractivity contribution is -0.131. The van der Waals surface area contributed by atoms with E-state index in [4.69, 9.17) is 0 Å². The normalized spacial score (nSPS) is 14.9. The second-order valence-corrected chi connectivity index (χ2v) is 6.87. The van der Waals surface area contributed by atoms with Crippen molar-refractivity contribution in [1.29, 1.82) is 0 Å². The van der Waals surface area contributed by atoms with Crippen molar-refractivity contribution in [2.45, 2.75) is 39.0 Å². The molecule has 0 atom stereocenters. The largest absolute Gasteiger partial charge is 0.342 e. The third kappa shape index (κ3) is 3.88. The number of hydrogen-bond donors (Lipinski definition) is 1. The molecule has 2 amide bonds. The van der Waals surface area contributed by atoms with Crippen LogP contribution in [0, 0.1) is 0 Å². The lowest BCUT2D eigenvalue weighted by atomic mass is 10.1. The van der Waals surface area contributed by atoms with Gasteiger partial charge in [0.1, 0.15) is 0 Å². The van der Waals surface area contributed by atoms with E-state index in [9.17, 15) is 9.59 Å². The Kier molecular flexibility index (Phi) is 4.91. The van der Waals surface area contributed by atoms with Gasteiger partial charge in [0.15, 0.2) is 5.13 Å². The molecule has 1 aliphatic heterocycles. The maximum atomic E-state index is 12.3. The van der Waals surface area contributed by atoms with Gasteiger partial charge in [-0.1, -0.05) is 24.3 Å². The van der Waals surface area contributed by atoms with Gasteiger partial charge in [-0.05, 0) is 37.0 Å². The van der Waals surface area contributed by atoms with Gasteiger partial charge in [0.05, 0.1) is 16.6 Å². The molecule has 0 saturated carbocycles. The summed E-state index contributed by atoms with van der Waals surface area (Å²) in [7, 11) is 0. The predicted octanol–water partition coefficient (Wildman–Crippen LogP) is 3.20. The average molecular weight is 331 g/mol. The Hall–Kier alpha value is -1.95. The summed E-state index contributed by atoms with van der Waals surface area (Å²) in [6.45, 7) is 3.58. The van der Waals surface area contributed by atoms with Crippen LogP contribution in [0.25, 0.3) is 10.2 Å². The Bertz CT molecular complexity index is 720. The van der Waals surface area contributed by atoms with Gasteiger partial charge in [0.2, 0.25) is 11.8 Å². The lowest BCUT2D eigenvalue weighted by Gasteiger charge is -2.26. The summed E-state index contributed by atoms with van der Waals surface area (Å²) < 4.78 is 1.00. The number of nitrogens with zero attached hydrogens (tertiary/aromatic N) is 2. The zero-order chi connectivity index (χ0) is 16.2. The van der Waals surface area contributed by atoms with Crippen molar-refractivity contribution in [3.63, 3.8) is 0 Å². The van der Waals surface area contributed by atoms with Crippen molar-refractivity contribution in [2.24, 2.45) is 0 Å². The summed E-state index contributed by atoms with van der Waals surface area (Å²) in [4.78, 5) is 30.2. The zero-order valence-corrected chi connectivity index (χ0v) is 14.1. The molecule has 0 bridgehead atoms. The Morgan fingerprint density at radius 2 is 2.04 bits per heavy atom. The van der Waals surface area contributed by atoms with Gasteiger partial charge in [0.25, 0.3) is 0 Å². The number of piperidine rings is 1. The monoisotopic (exact) mass is 331 g/mol. The molecule has 6 heteroatoms. The van der Waals surface area contributed by atoms with Crippen LogP contribution >= 0.6 is 11.3 Å². The van der Waals surface area contributed by atoms with Gasteiger partial charge in [-0.15, -0.1) is 0 Å². The molecule has 0 aliphatic carbocycles. The molecular weight excluding hydrogens is 310 g/mol. The molecule has 1 saturated heterocycles. The second kappa shape index (κ2) is 7.08. The predicted molar refractivity (Wildman–Crippen MR) is 92.7 cm³/mol. The maximum absolute atomic E-state index is 12.3. The minimum absolute atomic E-state index is 0.0374. The molecule has 122 valence electrons. The molecule has 2 aromatic rings. The fraction of sp³-hybridized carbons (Fsp3) is 0.471. The molecule has 1 aromatic heterocycles. The van der Waals surface area contributed by atoms with Crippen LogP contribution in [0.15, 0.2) is 18.2 Å². The number of anilines is 1. The molecule has 0 radical (unpaired) electrons. The fourth-order valence-corrected chi connectivity index (χ4v) is 3.72. The topological polar surface area (TPSA) is 62.3 Å². The first-order valence-electron chi connectivity index (χ1n) is 8.13. The SMILES string of the molecule is CCC(=O)Nc1nc2ccc(CC(=O)N3CCCCC3)cc2s1. The van der Waals surface area contributed by atoms with Gasteiger partial charge >= 0.3 is 0 Å². The molecule has 0 spiro atoms. The number of carbonyl (C=O) groups is 2. The summed E-state index contributed by atoms with van der Waals surface area (Å²) >= 11 is 1.45. The van der Waals surface area contributed by atoms with Gasteiger partial charge < -0.3 is 10.2 Å². The number of benzene rings is 1. The third-order valence-corrected chi connectivity index (χ3v) is 5.02. The van der Waals surface area contributed by atoms with Crippen LogP contribution in [0.4, 0.5) is 5.13 Å². The molecule has 1 fully saturated rings. The van der Waals surface area contributed by atoms with Crippen molar-refractivity contribution < 1.29 is 9.59 Å². The van der Waals surface area contributed by atoms with Crippen LogP contribution in [0.1, 0.15) is 38.2 Å². The van der Waals surface area contributed by atoms with Gasteiger partial charge in [-0.25, -0.2) is 4.98 Å². The van der Waals surface area contributed by atoms with Crippen LogP contribution in [-0.2, 0) is 16.0 Å². The Morgan fingerprint density at radius 1 is 1.26 bits per heavy atom. The molecule has 3 rings (SSSR count). The van der Waals surface area contributed by atoms with Crippen LogP contribution in [-0.4, -0.2) is 34.8 Å². The van der Waals surface area contributed by atoms with Crippen LogP contribution in [0.5, 0.6) is 0 Å². The highest BCUT2D eigenvalue weighted by molar-refractivity contribution is 7.22. The smallest absolute Gasteiger partial charge is 0.226 e. The number of nitrogens with one attached hydrogen (secondary N) is 1. The summed E-state index contributed by atoms with van der Waals surface area (Å²) in [5.74, 6) is 0.164. The van der Waals surface area contributed by atoms with Crippen LogP contribution in [0.3, 0.4) is 0 Å². The average Bonchev–Trinajstić information content (AvgIpc) is 2.96.